The summed E-state index contributed by atoms with van der Waals surface area (Å²) >= 11 is 0. The van der Waals surface area contributed by atoms with Gasteiger partial charge in [0, 0.05) is 43.1 Å². The van der Waals surface area contributed by atoms with Crippen molar-refractivity contribution in [2.24, 2.45) is 11.1 Å². The average molecular weight is 321 g/mol. The van der Waals surface area contributed by atoms with Gasteiger partial charge in [0.1, 0.15) is 0 Å². The number of nitrogens with one attached hydrogen (secondary N) is 1. The van der Waals surface area contributed by atoms with Gasteiger partial charge < -0.3 is 9.88 Å². The average Bonchev–Trinajstić information content (AvgIpc) is 2.97. The van der Waals surface area contributed by atoms with Crippen LogP contribution in [0, 0.1) is 5.92 Å². The van der Waals surface area contributed by atoms with Gasteiger partial charge in [0.25, 0.3) is 0 Å². The molecule has 7 heteroatoms. The van der Waals surface area contributed by atoms with Crippen LogP contribution in [0.2, 0.25) is 0 Å². The fourth-order valence-corrected chi connectivity index (χ4v) is 3.91. The molecular weight excluding hydrogens is 302 g/mol. The number of hydrogen-bond acceptors (Lipinski definition) is 3. The van der Waals surface area contributed by atoms with Gasteiger partial charge in [-0.05, 0) is 17.5 Å². The Kier molecular flexibility index (Phi) is 3.92. The predicted octanol–water partition coefficient (Wildman–Crippen LogP) is 0.847. The topological polar surface area (TPSA) is 96.3 Å². The molecule has 0 spiro atoms. The van der Waals surface area contributed by atoms with Crippen molar-refractivity contribution in [2.45, 2.75) is 12.8 Å². The normalized spacial score (nSPS) is 19.2. The van der Waals surface area contributed by atoms with Crippen molar-refractivity contribution in [3.8, 4) is 0 Å². The molecule has 0 bridgehead atoms. The lowest BCUT2D eigenvalue weighted by molar-refractivity contribution is -0.127. The second-order valence-corrected chi connectivity index (χ2v) is 7.53. The molecule has 3 N–H and O–H groups in total. The van der Waals surface area contributed by atoms with Crippen LogP contribution in [0.4, 0.5) is 0 Å². The maximum atomic E-state index is 11.9. The molecule has 0 aliphatic carbocycles. The summed E-state index contributed by atoms with van der Waals surface area (Å²) in [6.45, 7) is 1.06. The largest absolute Gasteiger partial charge is 0.358 e. The molecule has 1 saturated heterocycles. The van der Waals surface area contributed by atoms with E-state index in [1.807, 2.05) is 24.3 Å². The molecule has 6 nitrogen and oxygen atoms in total. The first-order valence-corrected chi connectivity index (χ1v) is 8.97. The minimum atomic E-state index is -3.52. The van der Waals surface area contributed by atoms with Crippen LogP contribution in [-0.4, -0.2) is 43.1 Å². The maximum Gasteiger partial charge on any atom is 0.222 e. The summed E-state index contributed by atoms with van der Waals surface area (Å²) in [7, 11) is -3.52. The lowest BCUT2D eigenvalue weighted by Gasteiger charge is -2.15. The molecule has 118 valence electrons. The lowest BCUT2D eigenvalue weighted by atomic mass is 10.1. The van der Waals surface area contributed by atoms with Crippen molar-refractivity contribution in [3.63, 3.8) is 0 Å². The third kappa shape index (κ3) is 3.48. The molecule has 1 unspecified atom stereocenters. The van der Waals surface area contributed by atoms with E-state index < -0.39 is 10.0 Å². The first-order valence-electron chi connectivity index (χ1n) is 7.25. The van der Waals surface area contributed by atoms with Crippen LogP contribution >= 0.6 is 0 Å². The van der Waals surface area contributed by atoms with E-state index >= 15 is 0 Å². The van der Waals surface area contributed by atoms with Gasteiger partial charge in [-0.1, -0.05) is 18.2 Å². The zero-order valence-electron chi connectivity index (χ0n) is 12.2. The molecule has 0 saturated carbocycles. The number of para-hydroxylation sites is 1. The van der Waals surface area contributed by atoms with E-state index in [0.717, 1.165) is 23.0 Å². The van der Waals surface area contributed by atoms with E-state index in [9.17, 15) is 13.2 Å². The van der Waals surface area contributed by atoms with Crippen molar-refractivity contribution in [3.05, 3.63) is 36.0 Å². The highest BCUT2D eigenvalue weighted by atomic mass is 32.2. The van der Waals surface area contributed by atoms with Crippen LogP contribution in [-0.2, 0) is 21.2 Å². The summed E-state index contributed by atoms with van der Waals surface area (Å²) in [5.41, 5.74) is 2.15. The number of rotatable bonds is 5. The number of nitrogens with zero attached hydrogens (tertiary/aromatic N) is 1. The number of likely N-dealkylation sites (tertiary alicyclic amines) is 1. The Morgan fingerprint density at radius 2 is 2.09 bits per heavy atom. The summed E-state index contributed by atoms with van der Waals surface area (Å²) in [4.78, 5) is 17.0. The van der Waals surface area contributed by atoms with Gasteiger partial charge in [0.05, 0.1) is 5.75 Å². The molecule has 22 heavy (non-hydrogen) atoms. The summed E-state index contributed by atoms with van der Waals surface area (Å²) in [5, 5.41) is 6.20. The molecule has 0 radical (unpaired) electrons. The van der Waals surface area contributed by atoms with Crippen LogP contribution in [0.5, 0.6) is 0 Å². The van der Waals surface area contributed by atoms with Crippen LogP contribution in [0.25, 0.3) is 10.9 Å². The monoisotopic (exact) mass is 321 g/mol. The Hall–Kier alpha value is -1.86. The maximum absolute atomic E-state index is 11.9. The molecule has 1 fully saturated rings. The van der Waals surface area contributed by atoms with Gasteiger partial charge >= 0.3 is 0 Å². The standard InChI is InChI=1S/C15H19N3O3S/c16-22(20,21)10-11-7-15(19)18(9-11)6-5-13-8-12-3-1-2-4-14(12)17-13/h1-4,8,11,17H,5-7,9-10H2,(H2,16,20,21). The fourth-order valence-electron chi connectivity index (χ4n) is 3.03. The second-order valence-electron chi connectivity index (χ2n) is 5.87. The molecule has 1 amide bonds. The van der Waals surface area contributed by atoms with Crippen LogP contribution in [0.1, 0.15) is 12.1 Å². The van der Waals surface area contributed by atoms with Gasteiger partial charge in [-0.3, -0.25) is 4.79 Å². The van der Waals surface area contributed by atoms with Crippen molar-refractivity contribution in [1.82, 2.24) is 9.88 Å². The minimum absolute atomic E-state index is 0.00441. The first kappa shape index (κ1) is 15.1. The van der Waals surface area contributed by atoms with Crippen molar-refractivity contribution < 1.29 is 13.2 Å². The number of hydrogen-bond donors (Lipinski definition) is 2. The van der Waals surface area contributed by atoms with Gasteiger partial charge in [-0.15, -0.1) is 0 Å². The van der Waals surface area contributed by atoms with E-state index in [1.54, 1.807) is 4.90 Å². The zero-order chi connectivity index (χ0) is 15.7. The molecule has 1 aromatic heterocycles. The summed E-state index contributed by atoms with van der Waals surface area (Å²) in [6, 6.07) is 10.1. The zero-order valence-corrected chi connectivity index (χ0v) is 13.0. The Morgan fingerprint density at radius 3 is 2.82 bits per heavy atom. The number of nitrogens with two attached hydrogens (primary N) is 1. The molecule has 2 heterocycles. The highest BCUT2D eigenvalue weighted by Gasteiger charge is 2.31. The Morgan fingerprint density at radius 1 is 1.32 bits per heavy atom. The molecule has 1 atom stereocenters. The SMILES string of the molecule is NS(=O)(=O)CC1CC(=O)N(CCc2cc3ccccc3[nH]2)C1. The van der Waals surface area contributed by atoms with E-state index in [4.69, 9.17) is 5.14 Å². The minimum Gasteiger partial charge on any atom is -0.358 e. The van der Waals surface area contributed by atoms with Crippen LogP contribution in [0.15, 0.2) is 30.3 Å². The number of primary sulfonamides is 1. The van der Waals surface area contributed by atoms with E-state index in [2.05, 4.69) is 11.1 Å². The Bertz CT molecular complexity index is 764. The van der Waals surface area contributed by atoms with Crippen LogP contribution in [0.3, 0.4) is 0 Å². The number of H-pyrrole nitrogens is 1. The lowest BCUT2D eigenvalue weighted by Crippen LogP contribution is -2.29. The number of carbonyl (C=O) groups is 1. The van der Waals surface area contributed by atoms with Crippen molar-refractivity contribution in [2.75, 3.05) is 18.8 Å². The number of sulfonamides is 1. The summed E-state index contributed by atoms with van der Waals surface area (Å²) in [5.74, 6) is -0.309. The van der Waals surface area contributed by atoms with Crippen LogP contribution < -0.4 is 5.14 Å². The third-order valence-corrected chi connectivity index (χ3v) is 4.94. The van der Waals surface area contributed by atoms with Gasteiger partial charge in [-0.2, -0.15) is 0 Å². The molecule has 1 aromatic carbocycles. The molecule has 1 aliphatic heterocycles. The quantitative estimate of drug-likeness (QED) is 0.854. The van der Waals surface area contributed by atoms with Gasteiger partial charge in [-0.25, -0.2) is 13.6 Å². The number of amides is 1. The number of benzene rings is 1. The third-order valence-electron chi connectivity index (χ3n) is 4.00. The van der Waals surface area contributed by atoms with E-state index in [0.29, 0.717) is 13.1 Å². The van der Waals surface area contributed by atoms with E-state index in [-0.39, 0.29) is 24.0 Å². The van der Waals surface area contributed by atoms with Crippen molar-refractivity contribution in [1.29, 1.82) is 0 Å². The highest BCUT2D eigenvalue weighted by Crippen LogP contribution is 2.20. The molecule has 3 rings (SSSR count). The number of aromatic nitrogens is 1. The highest BCUT2D eigenvalue weighted by molar-refractivity contribution is 7.89. The Labute approximate surface area is 129 Å². The molecule has 1 aliphatic rings. The van der Waals surface area contributed by atoms with Gasteiger partial charge in [0.2, 0.25) is 15.9 Å². The Balaban J connectivity index is 1.60. The molecular formula is C15H19N3O3S. The second kappa shape index (κ2) is 5.73. The predicted molar refractivity (Wildman–Crippen MR) is 84.7 cm³/mol. The molecule has 2 aromatic rings. The number of carbonyl (C=O) groups excluding carboxylic acids is 1. The summed E-state index contributed by atoms with van der Waals surface area (Å²) < 4.78 is 22.2. The van der Waals surface area contributed by atoms with Gasteiger partial charge in [0.15, 0.2) is 0 Å². The smallest absolute Gasteiger partial charge is 0.222 e. The van der Waals surface area contributed by atoms with E-state index in [1.165, 1.54) is 0 Å². The number of aromatic amines is 1. The van der Waals surface area contributed by atoms with Crippen molar-refractivity contribution >= 4 is 26.8 Å². The summed E-state index contributed by atoms with van der Waals surface area (Å²) in [6.07, 6.45) is 0.992. The first-order chi connectivity index (χ1) is 10.4. The number of fused-ring (bicyclic) bond motifs is 1. The fraction of sp³-hybridized carbons (Fsp3) is 0.400.